The van der Waals surface area contributed by atoms with Gasteiger partial charge in [0, 0.05) is 0 Å². The minimum atomic E-state index is 0.627. The van der Waals surface area contributed by atoms with Gasteiger partial charge in [-0.25, -0.2) is 0 Å². The van der Waals surface area contributed by atoms with E-state index in [2.05, 4.69) is 69.3 Å². The number of benzene rings is 2. The number of unbranched alkanes of at least 4 members (excludes halogenated alkanes) is 1. The molecule has 0 radical (unpaired) electrons. The zero-order valence-electron chi connectivity index (χ0n) is 13.4. The summed E-state index contributed by atoms with van der Waals surface area (Å²) >= 11 is 0. The Morgan fingerprint density at radius 1 is 0.905 bits per heavy atom. The van der Waals surface area contributed by atoms with Gasteiger partial charge in [-0.1, -0.05) is 68.7 Å². The van der Waals surface area contributed by atoms with Crippen LogP contribution in [0.2, 0.25) is 0 Å². The summed E-state index contributed by atoms with van der Waals surface area (Å²) in [6.07, 6.45) is 3.80. The van der Waals surface area contributed by atoms with Crippen LogP contribution in [0.4, 0.5) is 0 Å². The highest BCUT2D eigenvalue weighted by molar-refractivity contribution is 5.64. The number of hydrogen-bond acceptors (Lipinski definition) is 1. The molecule has 0 saturated carbocycles. The molecule has 0 heterocycles. The molecule has 0 aliphatic carbocycles. The molecule has 0 saturated heterocycles. The number of aryl methyl sites for hydroxylation is 1. The fraction of sp³-hybridized carbons (Fsp3) is 0.400. The van der Waals surface area contributed by atoms with E-state index in [4.69, 9.17) is 4.74 Å². The van der Waals surface area contributed by atoms with Crippen molar-refractivity contribution in [2.24, 2.45) is 5.92 Å². The first-order chi connectivity index (χ1) is 10.2. The predicted molar refractivity (Wildman–Crippen MR) is 90.8 cm³/mol. The molecule has 112 valence electrons. The second kappa shape index (κ2) is 7.87. The molecule has 1 nitrogen and oxygen atoms in total. The SMILES string of the molecule is CCCCC(C)COc1ccc(-c2ccc(C)cc2)cc1. The van der Waals surface area contributed by atoms with Gasteiger partial charge in [0.25, 0.3) is 0 Å². The summed E-state index contributed by atoms with van der Waals surface area (Å²) in [5, 5.41) is 0. The van der Waals surface area contributed by atoms with Crippen LogP contribution < -0.4 is 4.74 Å². The third-order valence-electron chi connectivity index (χ3n) is 3.82. The van der Waals surface area contributed by atoms with Crippen LogP contribution in [0, 0.1) is 12.8 Å². The van der Waals surface area contributed by atoms with Crippen molar-refractivity contribution < 1.29 is 4.74 Å². The average Bonchev–Trinajstić information content (AvgIpc) is 2.52. The van der Waals surface area contributed by atoms with E-state index in [9.17, 15) is 0 Å². The summed E-state index contributed by atoms with van der Waals surface area (Å²) in [5.41, 5.74) is 3.78. The maximum Gasteiger partial charge on any atom is 0.119 e. The Bertz CT molecular complexity index is 525. The van der Waals surface area contributed by atoms with Gasteiger partial charge >= 0.3 is 0 Å². The number of hydrogen-bond donors (Lipinski definition) is 0. The van der Waals surface area contributed by atoms with Gasteiger partial charge in [0.15, 0.2) is 0 Å². The first kappa shape index (κ1) is 15.6. The van der Waals surface area contributed by atoms with Gasteiger partial charge in [0.2, 0.25) is 0 Å². The highest BCUT2D eigenvalue weighted by atomic mass is 16.5. The zero-order chi connectivity index (χ0) is 15.1. The van der Waals surface area contributed by atoms with Crippen molar-refractivity contribution in [2.45, 2.75) is 40.0 Å². The minimum absolute atomic E-state index is 0.627. The normalized spacial score (nSPS) is 12.1. The lowest BCUT2D eigenvalue weighted by Gasteiger charge is -2.13. The van der Waals surface area contributed by atoms with Crippen LogP contribution in [-0.4, -0.2) is 6.61 Å². The van der Waals surface area contributed by atoms with Crippen molar-refractivity contribution in [1.82, 2.24) is 0 Å². The molecule has 0 aromatic heterocycles. The van der Waals surface area contributed by atoms with E-state index >= 15 is 0 Å². The molecule has 2 rings (SSSR count). The van der Waals surface area contributed by atoms with E-state index in [1.54, 1.807) is 0 Å². The van der Waals surface area contributed by atoms with Crippen LogP contribution in [-0.2, 0) is 0 Å². The van der Waals surface area contributed by atoms with E-state index in [0.29, 0.717) is 5.92 Å². The average molecular weight is 282 g/mol. The lowest BCUT2D eigenvalue weighted by atomic mass is 10.0. The van der Waals surface area contributed by atoms with E-state index in [1.807, 2.05) is 0 Å². The Hall–Kier alpha value is -1.76. The van der Waals surface area contributed by atoms with Crippen LogP contribution in [0.3, 0.4) is 0 Å². The van der Waals surface area contributed by atoms with Gasteiger partial charge in [-0.15, -0.1) is 0 Å². The molecule has 0 aliphatic rings. The van der Waals surface area contributed by atoms with Crippen molar-refractivity contribution in [3.63, 3.8) is 0 Å². The molecule has 0 fully saturated rings. The third kappa shape index (κ3) is 4.93. The van der Waals surface area contributed by atoms with Crippen molar-refractivity contribution in [2.75, 3.05) is 6.61 Å². The maximum absolute atomic E-state index is 5.87. The van der Waals surface area contributed by atoms with Gasteiger partial charge in [-0.2, -0.15) is 0 Å². The molecule has 0 aliphatic heterocycles. The summed E-state index contributed by atoms with van der Waals surface area (Å²) < 4.78 is 5.87. The molecule has 1 atom stereocenters. The summed E-state index contributed by atoms with van der Waals surface area (Å²) in [6, 6.07) is 17.0. The lowest BCUT2D eigenvalue weighted by molar-refractivity contribution is 0.250. The number of rotatable bonds is 7. The third-order valence-corrected chi connectivity index (χ3v) is 3.82. The van der Waals surface area contributed by atoms with Gasteiger partial charge in [-0.3, -0.25) is 0 Å². The smallest absolute Gasteiger partial charge is 0.119 e. The Morgan fingerprint density at radius 3 is 2.05 bits per heavy atom. The molecule has 2 aromatic rings. The predicted octanol–water partition coefficient (Wildman–Crippen LogP) is 5.87. The van der Waals surface area contributed by atoms with Crippen molar-refractivity contribution in [1.29, 1.82) is 0 Å². The number of ether oxygens (including phenoxy) is 1. The molecular weight excluding hydrogens is 256 g/mol. The molecule has 0 N–H and O–H groups in total. The lowest BCUT2D eigenvalue weighted by Crippen LogP contribution is -2.08. The largest absolute Gasteiger partial charge is 0.493 e. The van der Waals surface area contributed by atoms with Crippen LogP contribution in [0.25, 0.3) is 11.1 Å². The molecule has 2 aromatic carbocycles. The van der Waals surface area contributed by atoms with Gasteiger partial charge in [-0.05, 0) is 42.5 Å². The second-order valence-electron chi connectivity index (χ2n) is 5.95. The van der Waals surface area contributed by atoms with Gasteiger partial charge in [0.05, 0.1) is 6.61 Å². The van der Waals surface area contributed by atoms with E-state index in [1.165, 1.54) is 36.0 Å². The maximum atomic E-state index is 5.87. The van der Waals surface area contributed by atoms with Crippen LogP contribution >= 0.6 is 0 Å². The molecule has 0 spiro atoms. The molecule has 21 heavy (non-hydrogen) atoms. The van der Waals surface area contributed by atoms with Crippen molar-refractivity contribution in [3.8, 4) is 16.9 Å². The van der Waals surface area contributed by atoms with Gasteiger partial charge < -0.3 is 4.74 Å². The summed E-state index contributed by atoms with van der Waals surface area (Å²) in [5.74, 6) is 1.59. The summed E-state index contributed by atoms with van der Waals surface area (Å²) in [7, 11) is 0. The fourth-order valence-electron chi connectivity index (χ4n) is 2.36. The topological polar surface area (TPSA) is 9.23 Å². The monoisotopic (exact) mass is 282 g/mol. The van der Waals surface area contributed by atoms with E-state index < -0.39 is 0 Å². The minimum Gasteiger partial charge on any atom is -0.493 e. The van der Waals surface area contributed by atoms with Crippen LogP contribution in [0.5, 0.6) is 5.75 Å². The summed E-state index contributed by atoms with van der Waals surface area (Å²) in [6.45, 7) is 7.41. The summed E-state index contributed by atoms with van der Waals surface area (Å²) in [4.78, 5) is 0. The molecule has 0 bridgehead atoms. The Balaban J connectivity index is 1.91. The Morgan fingerprint density at radius 2 is 1.48 bits per heavy atom. The Labute approximate surface area is 129 Å². The second-order valence-corrected chi connectivity index (χ2v) is 5.95. The van der Waals surface area contributed by atoms with E-state index in [0.717, 1.165) is 12.4 Å². The first-order valence-electron chi connectivity index (χ1n) is 7.99. The standard InChI is InChI=1S/C20H26O/c1-4-5-6-17(3)15-21-20-13-11-19(12-14-20)18-9-7-16(2)8-10-18/h7-14,17H,4-6,15H2,1-3H3. The van der Waals surface area contributed by atoms with Crippen molar-refractivity contribution in [3.05, 3.63) is 54.1 Å². The van der Waals surface area contributed by atoms with Crippen LogP contribution in [0.1, 0.15) is 38.7 Å². The quantitative estimate of drug-likeness (QED) is 0.617. The fourth-order valence-corrected chi connectivity index (χ4v) is 2.36. The van der Waals surface area contributed by atoms with Gasteiger partial charge in [0.1, 0.15) is 5.75 Å². The first-order valence-corrected chi connectivity index (χ1v) is 7.99. The molecule has 0 amide bonds. The molecular formula is C20H26O. The molecule has 1 unspecified atom stereocenters. The Kier molecular flexibility index (Phi) is 5.86. The highest BCUT2D eigenvalue weighted by Crippen LogP contribution is 2.23. The highest BCUT2D eigenvalue weighted by Gasteiger charge is 2.03. The molecule has 1 heteroatoms. The zero-order valence-corrected chi connectivity index (χ0v) is 13.4. The van der Waals surface area contributed by atoms with Crippen LogP contribution in [0.15, 0.2) is 48.5 Å². The van der Waals surface area contributed by atoms with E-state index in [-0.39, 0.29) is 0 Å². The van der Waals surface area contributed by atoms with Crippen molar-refractivity contribution >= 4 is 0 Å².